The van der Waals surface area contributed by atoms with Crippen molar-refractivity contribution >= 4 is 22.9 Å². The molecule has 102 valence electrons. The summed E-state index contributed by atoms with van der Waals surface area (Å²) in [5.41, 5.74) is 2.42. The van der Waals surface area contributed by atoms with Gasteiger partial charge in [0.25, 0.3) is 0 Å². The molecule has 4 nitrogen and oxygen atoms in total. The molecule has 0 radical (unpaired) electrons. The van der Waals surface area contributed by atoms with Crippen LogP contribution in [0.15, 0.2) is 18.5 Å². The molecule has 0 atom stereocenters. The molecule has 0 unspecified atom stereocenters. The van der Waals surface area contributed by atoms with Gasteiger partial charge in [0.05, 0.1) is 5.69 Å². The first-order valence-corrected chi connectivity index (χ1v) is 7.31. The monoisotopic (exact) mass is 278 g/mol. The summed E-state index contributed by atoms with van der Waals surface area (Å²) in [6.45, 7) is 5.19. The molecule has 2 aromatic heterocycles. The maximum Gasteiger partial charge on any atom is 0.152 e. The molecule has 0 spiro atoms. The Morgan fingerprint density at radius 3 is 2.89 bits per heavy atom. The highest BCUT2D eigenvalue weighted by molar-refractivity contribution is 6.18. The highest BCUT2D eigenvalue weighted by atomic mass is 35.5. The van der Waals surface area contributed by atoms with Gasteiger partial charge in [0.15, 0.2) is 5.82 Å². The highest BCUT2D eigenvalue weighted by Crippen LogP contribution is 2.46. The van der Waals surface area contributed by atoms with Gasteiger partial charge in [-0.1, -0.05) is 13.8 Å². The summed E-state index contributed by atoms with van der Waals surface area (Å²) in [6, 6.07) is 2.11. The zero-order valence-corrected chi connectivity index (χ0v) is 12.1. The Kier molecular flexibility index (Phi) is 3.13. The van der Waals surface area contributed by atoms with Crippen LogP contribution in [0.25, 0.3) is 5.52 Å². The number of alkyl halides is 1. The molecular formula is C14H19ClN4. The predicted octanol–water partition coefficient (Wildman–Crippen LogP) is 3.28. The van der Waals surface area contributed by atoms with Crippen molar-refractivity contribution in [3.05, 3.63) is 24.2 Å². The number of nitrogens with one attached hydrogen (secondary N) is 1. The first-order valence-electron chi connectivity index (χ1n) is 6.78. The highest BCUT2D eigenvalue weighted by Gasteiger charge is 2.41. The van der Waals surface area contributed by atoms with E-state index in [1.807, 2.05) is 10.7 Å². The van der Waals surface area contributed by atoms with Crippen LogP contribution in [0, 0.1) is 5.41 Å². The van der Waals surface area contributed by atoms with Gasteiger partial charge in [-0.3, -0.25) is 0 Å². The molecule has 0 amide bonds. The van der Waals surface area contributed by atoms with Gasteiger partial charge in [0.1, 0.15) is 5.52 Å². The Balaban J connectivity index is 1.86. The largest absolute Gasteiger partial charge is 0.368 e. The zero-order valence-electron chi connectivity index (χ0n) is 11.4. The van der Waals surface area contributed by atoms with E-state index in [-0.39, 0.29) is 5.41 Å². The number of anilines is 1. The maximum atomic E-state index is 6.01. The molecule has 5 heteroatoms. The lowest BCUT2D eigenvalue weighted by Gasteiger charge is -2.13. The Morgan fingerprint density at radius 1 is 1.47 bits per heavy atom. The van der Waals surface area contributed by atoms with E-state index >= 15 is 0 Å². The van der Waals surface area contributed by atoms with Crippen molar-refractivity contribution in [3.8, 4) is 0 Å². The van der Waals surface area contributed by atoms with Gasteiger partial charge in [0.2, 0.25) is 0 Å². The normalized spacial score (nSPS) is 17.1. The molecule has 1 saturated carbocycles. The average Bonchev–Trinajstić information content (AvgIpc) is 3.05. The SMILES string of the molecule is CC(C)c1cc2c(NCC3(CCl)CC3)nccn2n1. The average molecular weight is 279 g/mol. The fraction of sp³-hybridized carbons (Fsp3) is 0.571. The third-order valence-corrected chi connectivity index (χ3v) is 4.44. The minimum absolute atomic E-state index is 0.289. The third kappa shape index (κ3) is 2.41. The lowest BCUT2D eigenvalue weighted by Crippen LogP contribution is -2.17. The maximum absolute atomic E-state index is 6.01. The van der Waals surface area contributed by atoms with Crippen LogP contribution in [-0.4, -0.2) is 27.0 Å². The van der Waals surface area contributed by atoms with Gasteiger partial charge in [-0.15, -0.1) is 11.6 Å². The van der Waals surface area contributed by atoms with Crippen LogP contribution in [0.3, 0.4) is 0 Å². The van der Waals surface area contributed by atoms with Crippen molar-refractivity contribution in [2.24, 2.45) is 5.41 Å². The summed E-state index contributed by atoms with van der Waals surface area (Å²) in [5, 5.41) is 8.00. The quantitative estimate of drug-likeness (QED) is 0.854. The summed E-state index contributed by atoms with van der Waals surface area (Å²) in [4.78, 5) is 4.43. The molecule has 0 bridgehead atoms. The lowest BCUT2D eigenvalue weighted by molar-refractivity contribution is 0.617. The number of hydrogen-bond donors (Lipinski definition) is 1. The molecule has 1 aliphatic carbocycles. The molecule has 3 rings (SSSR count). The number of aromatic nitrogens is 3. The smallest absolute Gasteiger partial charge is 0.152 e. The van der Waals surface area contributed by atoms with E-state index in [2.05, 4.69) is 35.3 Å². The Hall–Kier alpha value is -1.29. The fourth-order valence-corrected chi connectivity index (χ4v) is 2.53. The molecule has 2 heterocycles. The topological polar surface area (TPSA) is 42.2 Å². The fourth-order valence-electron chi connectivity index (χ4n) is 2.16. The third-order valence-electron chi connectivity index (χ3n) is 3.87. The van der Waals surface area contributed by atoms with Crippen LogP contribution in [0.4, 0.5) is 5.82 Å². The zero-order chi connectivity index (χ0) is 13.5. The minimum atomic E-state index is 0.289. The van der Waals surface area contributed by atoms with E-state index in [4.69, 9.17) is 11.6 Å². The molecule has 1 aliphatic rings. The van der Waals surface area contributed by atoms with E-state index < -0.39 is 0 Å². The summed E-state index contributed by atoms with van der Waals surface area (Å²) >= 11 is 6.01. The molecule has 0 aromatic carbocycles. The standard InChI is InChI=1S/C14H19ClN4/c1-10(2)11-7-12-13(16-5-6-19(12)18-11)17-9-14(8-15)3-4-14/h5-7,10H,3-4,8-9H2,1-2H3,(H,16,17). The van der Waals surface area contributed by atoms with Crippen LogP contribution >= 0.6 is 11.6 Å². The van der Waals surface area contributed by atoms with Gasteiger partial charge in [0, 0.05) is 30.2 Å². The summed E-state index contributed by atoms with van der Waals surface area (Å²) in [5.74, 6) is 2.04. The number of rotatable bonds is 5. The molecule has 0 aliphatic heterocycles. The van der Waals surface area contributed by atoms with Gasteiger partial charge >= 0.3 is 0 Å². The number of nitrogens with zero attached hydrogens (tertiary/aromatic N) is 3. The van der Waals surface area contributed by atoms with Crippen LogP contribution < -0.4 is 5.32 Å². The van der Waals surface area contributed by atoms with Crippen molar-refractivity contribution in [1.29, 1.82) is 0 Å². The minimum Gasteiger partial charge on any atom is -0.368 e. The summed E-state index contributed by atoms with van der Waals surface area (Å²) < 4.78 is 1.89. The van der Waals surface area contributed by atoms with Crippen LogP contribution in [-0.2, 0) is 0 Å². The second-order valence-corrected chi connectivity index (χ2v) is 6.08. The van der Waals surface area contributed by atoms with Gasteiger partial charge < -0.3 is 5.32 Å². The van der Waals surface area contributed by atoms with Crippen molar-refractivity contribution in [1.82, 2.24) is 14.6 Å². The predicted molar refractivity (Wildman–Crippen MR) is 78.0 cm³/mol. The Morgan fingerprint density at radius 2 is 2.26 bits per heavy atom. The Bertz CT molecular complexity index is 586. The Labute approximate surface area is 118 Å². The van der Waals surface area contributed by atoms with Crippen molar-refractivity contribution < 1.29 is 0 Å². The van der Waals surface area contributed by atoms with Crippen LogP contribution in [0.5, 0.6) is 0 Å². The number of fused-ring (bicyclic) bond motifs is 1. The van der Waals surface area contributed by atoms with Gasteiger partial charge in [-0.05, 0) is 24.8 Å². The van der Waals surface area contributed by atoms with Crippen LogP contribution in [0.1, 0.15) is 38.3 Å². The van der Waals surface area contributed by atoms with E-state index in [0.717, 1.165) is 29.5 Å². The summed E-state index contributed by atoms with van der Waals surface area (Å²) in [7, 11) is 0. The number of hydrogen-bond acceptors (Lipinski definition) is 3. The molecule has 2 aromatic rings. The second kappa shape index (κ2) is 4.67. The van der Waals surface area contributed by atoms with E-state index in [0.29, 0.717) is 5.92 Å². The summed E-state index contributed by atoms with van der Waals surface area (Å²) in [6.07, 6.45) is 6.10. The van der Waals surface area contributed by atoms with E-state index in [1.165, 1.54) is 12.8 Å². The molecule has 19 heavy (non-hydrogen) atoms. The first kappa shape index (κ1) is 12.7. The van der Waals surface area contributed by atoms with E-state index in [9.17, 15) is 0 Å². The molecular weight excluding hydrogens is 260 g/mol. The van der Waals surface area contributed by atoms with Gasteiger partial charge in [-0.25, -0.2) is 9.50 Å². The molecule has 1 fully saturated rings. The van der Waals surface area contributed by atoms with Crippen LogP contribution in [0.2, 0.25) is 0 Å². The molecule has 0 saturated heterocycles. The van der Waals surface area contributed by atoms with E-state index in [1.54, 1.807) is 6.20 Å². The van der Waals surface area contributed by atoms with Crippen molar-refractivity contribution in [2.45, 2.75) is 32.6 Å². The number of halogens is 1. The lowest BCUT2D eigenvalue weighted by atomic mass is 10.1. The van der Waals surface area contributed by atoms with Crippen molar-refractivity contribution in [2.75, 3.05) is 17.7 Å². The van der Waals surface area contributed by atoms with Crippen molar-refractivity contribution in [3.63, 3.8) is 0 Å². The first-order chi connectivity index (χ1) is 9.13. The second-order valence-electron chi connectivity index (χ2n) is 5.82. The van der Waals surface area contributed by atoms with Gasteiger partial charge in [-0.2, -0.15) is 5.10 Å². The molecule has 1 N–H and O–H groups in total.